The smallest absolute Gasteiger partial charge is 0.327 e. The number of hydrogen-bond donors (Lipinski definition) is 1. The first kappa shape index (κ1) is 18.9. The average Bonchev–Trinajstić information content (AvgIpc) is 2.69. The molecular weight excluding hydrogens is 350 g/mol. The van der Waals surface area contributed by atoms with E-state index in [1.807, 2.05) is 20.8 Å². The summed E-state index contributed by atoms with van der Waals surface area (Å²) in [6.07, 6.45) is 0. The Morgan fingerprint density at radius 1 is 1.29 bits per heavy atom. The largest absolute Gasteiger partial charge is 0.480 e. The van der Waals surface area contributed by atoms with Gasteiger partial charge in [0.2, 0.25) is 0 Å². The molecule has 1 aliphatic rings. The van der Waals surface area contributed by atoms with Crippen LogP contribution in [0.25, 0.3) is 0 Å². The number of carbonyl (C=O) groups excluding carboxylic acids is 1. The van der Waals surface area contributed by atoms with Gasteiger partial charge in [0.25, 0.3) is 5.91 Å². The van der Waals surface area contributed by atoms with E-state index < -0.39 is 22.4 Å². The minimum atomic E-state index is -1.20. The molecule has 2 unspecified atom stereocenters. The number of carboxylic acids is 1. The van der Waals surface area contributed by atoms with E-state index in [0.717, 1.165) is 0 Å². The van der Waals surface area contributed by atoms with Crippen LogP contribution in [0.2, 0.25) is 5.02 Å². The molecule has 0 spiro atoms. The van der Waals surface area contributed by atoms with Crippen molar-refractivity contribution in [1.29, 1.82) is 0 Å². The third kappa shape index (κ3) is 3.64. The summed E-state index contributed by atoms with van der Waals surface area (Å²) in [6.45, 7) is 8.81. The van der Waals surface area contributed by atoms with E-state index in [-0.39, 0.29) is 11.3 Å². The summed E-state index contributed by atoms with van der Waals surface area (Å²) in [5, 5.41) is 9.93. The van der Waals surface area contributed by atoms with Crippen LogP contribution < -0.4 is 4.74 Å². The third-order valence-electron chi connectivity index (χ3n) is 3.97. The number of aliphatic carboxylic acids is 1. The van der Waals surface area contributed by atoms with Crippen molar-refractivity contribution < 1.29 is 19.4 Å². The molecule has 1 heterocycles. The first-order chi connectivity index (χ1) is 11.0. The highest BCUT2D eigenvalue weighted by molar-refractivity contribution is 8.01. The number of ether oxygens (including phenoxy) is 1. The van der Waals surface area contributed by atoms with Gasteiger partial charge >= 0.3 is 5.97 Å². The molecule has 0 saturated carbocycles. The minimum absolute atomic E-state index is 0.248. The molecule has 24 heavy (non-hydrogen) atoms. The molecule has 0 aromatic heterocycles. The highest BCUT2D eigenvalue weighted by Crippen LogP contribution is 2.45. The quantitative estimate of drug-likeness (QED) is 0.875. The maximum atomic E-state index is 13.0. The second-order valence-electron chi connectivity index (χ2n) is 6.84. The Balaban J connectivity index is 2.27. The predicted molar refractivity (Wildman–Crippen MR) is 95.6 cm³/mol. The zero-order chi connectivity index (χ0) is 18.3. The highest BCUT2D eigenvalue weighted by Gasteiger charge is 2.54. The lowest BCUT2D eigenvalue weighted by Gasteiger charge is -2.35. The highest BCUT2D eigenvalue weighted by atomic mass is 35.5. The first-order valence-corrected chi connectivity index (χ1v) is 8.89. The molecule has 132 valence electrons. The van der Waals surface area contributed by atoms with Crippen LogP contribution in [-0.2, 0) is 9.59 Å². The van der Waals surface area contributed by atoms with Gasteiger partial charge in [0.15, 0.2) is 5.60 Å². The van der Waals surface area contributed by atoms with E-state index in [2.05, 4.69) is 0 Å². The molecule has 5 nitrogen and oxygen atoms in total. The summed E-state index contributed by atoms with van der Waals surface area (Å²) >= 11 is 7.33. The van der Waals surface area contributed by atoms with E-state index in [4.69, 9.17) is 16.3 Å². The van der Waals surface area contributed by atoms with Gasteiger partial charge in [0.05, 0.1) is 5.37 Å². The molecule has 1 fully saturated rings. The van der Waals surface area contributed by atoms with Gasteiger partial charge < -0.3 is 14.7 Å². The van der Waals surface area contributed by atoms with Gasteiger partial charge in [-0.1, -0.05) is 11.6 Å². The van der Waals surface area contributed by atoms with Crippen LogP contribution in [0.4, 0.5) is 0 Å². The van der Waals surface area contributed by atoms with Crippen LogP contribution in [0.15, 0.2) is 24.3 Å². The average molecular weight is 372 g/mol. The Kier molecular flexibility index (Phi) is 5.11. The van der Waals surface area contributed by atoms with Crippen molar-refractivity contribution >= 4 is 35.2 Å². The molecule has 1 saturated heterocycles. The van der Waals surface area contributed by atoms with Crippen molar-refractivity contribution in [2.45, 2.75) is 56.4 Å². The molecular formula is C17H22ClNO4S. The van der Waals surface area contributed by atoms with Gasteiger partial charge in [0, 0.05) is 9.77 Å². The maximum absolute atomic E-state index is 13.0. The van der Waals surface area contributed by atoms with Gasteiger partial charge in [0.1, 0.15) is 11.8 Å². The number of halogens is 1. The minimum Gasteiger partial charge on any atom is -0.480 e. The van der Waals surface area contributed by atoms with E-state index >= 15 is 0 Å². The van der Waals surface area contributed by atoms with E-state index in [1.54, 1.807) is 38.1 Å². The van der Waals surface area contributed by atoms with Crippen LogP contribution in [-0.4, -0.2) is 43.6 Å². The molecule has 1 aliphatic heterocycles. The monoisotopic (exact) mass is 371 g/mol. The van der Waals surface area contributed by atoms with Crippen molar-refractivity contribution in [1.82, 2.24) is 4.90 Å². The van der Waals surface area contributed by atoms with Gasteiger partial charge in [-0.2, -0.15) is 0 Å². The summed E-state index contributed by atoms with van der Waals surface area (Å²) in [5.74, 6) is -0.855. The zero-order valence-corrected chi connectivity index (χ0v) is 15.9. The lowest BCUT2D eigenvalue weighted by Crippen LogP contribution is -2.57. The van der Waals surface area contributed by atoms with Crippen molar-refractivity contribution in [3.63, 3.8) is 0 Å². The molecule has 1 aromatic carbocycles. The normalized spacial score (nSPS) is 23.2. The Hall–Kier alpha value is -1.40. The van der Waals surface area contributed by atoms with Crippen LogP contribution >= 0.6 is 23.4 Å². The molecule has 2 rings (SSSR count). The number of amides is 1. The Bertz CT molecular complexity index is 644. The molecule has 1 amide bonds. The number of carbonyl (C=O) groups is 2. The molecule has 1 N–H and O–H groups in total. The molecule has 2 atom stereocenters. The maximum Gasteiger partial charge on any atom is 0.327 e. The summed E-state index contributed by atoms with van der Waals surface area (Å²) in [5.41, 5.74) is -1.20. The standard InChI is InChI=1S/C17H22ClNO4S/c1-10-19(13(14(20)21)17(4,5)24-10)15(22)16(2,3)23-12-8-6-11(18)7-9-12/h6-10,13H,1-5H3,(H,20,21). The topological polar surface area (TPSA) is 66.8 Å². The summed E-state index contributed by atoms with van der Waals surface area (Å²) in [6, 6.07) is 5.80. The fourth-order valence-electron chi connectivity index (χ4n) is 2.96. The second kappa shape index (κ2) is 6.48. The number of thioether (sulfide) groups is 1. The zero-order valence-electron chi connectivity index (χ0n) is 14.4. The van der Waals surface area contributed by atoms with Gasteiger partial charge in [-0.25, -0.2) is 4.79 Å². The van der Waals surface area contributed by atoms with Crippen LogP contribution in [0.1, 0.15) is 34.6 Å². The number of hydrogen-bond acceptors (Lipinski definition) is 4. The summed E-state index contributed by atoms with van der Waals surface area (Å²) in [4.78, 5) is 26.2. The van der Waals surface area contributed by atoms with E-state index in [9.17, 15) is 14.7 Å². The van der Waals surface area contributed by atoms with Crippen molar-refractivity contribution in [3.05, 3.63) is 29.3 Å². The van der Waals surface area contributed by atoms with Crippen LogP contribution in [0, 0.1) is 0 Å². The van der Waals surface area contributed by atoms with Crippen molar-refractivity contribution in [2.75, 3.05) is 0 Å². The van der Waals surface area contributed by atoms with E-state index in [1.165, 1.54) is 16.7 Å². The number of carboxylic acid groups (broad SMARTS) is 1. The van der Waals surface area contributed by atoms with Crippen molar-refractivity contribution in [2.24, 2.45) is 0 Å². The second-order valence-corrected chi connectivity index (χ2v) is 9.25. The summed E-state index contributed by atoms with van der Waals surface area (Å²) < 4.78 is 5.25. The Labute approximate surface area is 151 Å². The predicted octanol–water partition coefficient (Wildman–Crippen LogP) is 3.65. The Morgan fingerprint density at radius 3 is 2.33 bits per heavy atom. The fourth-order valence-corrected chi connectivity index (χ4v) is 4.64. The van der Waals surface area contributed by atoms with Crippen LogP contribution in [0.3, 0.4) is 0 Å². The molecule has 7 heteroatoms. The number of rotatable bonds is 4. The summed E-state index contributed by atoms with van der Waals surface area (Å²) in [7, 11) is 0. The van der Waals surface area contributed by atoms with Gasteiger partial charge in [-0.15, -0.1) is 11.8 Å². The van der Waals surface area contributed by atoms with Gasteiger partial charge in [-0.3, -0.25) is 4.79 Å². The lowest BCUT2D eigenvalue weighted by molar-refractivity contribution is -0.157. The molecule has 0 radical (unpaired) electrons. The van der Waals surface area contributed by atoms with Crippen LogP contribution in [0.5, 0.6) is 5.75 Å². The molecule has 0 bridgehead atoms. The number of nitrogens with zero attached hydrogens (tertiary/aromatic N) is 1. The number of benzene rings is 1. The molecule has 0 aliphatic carbocycles. The van der Waals surface area contributed by atoms with Crippen molar-refractivity contribution in [3.8, 4) is 5.75 Å². The SMILES string of the molecule is CC1SC(C)(C)C(C(=O)O)N1C(=O)C(C)(C)Oc1ccc(Cl)cc1. The lowest BCUT2D eigenvalue weighted by atomic mass is 9.98. The first-order valence-electron chi connectivity index (χ1n) is 7.63. The Morgan fingerprint density at radius 2 is 1.83 bits per heavy atom. The molecule has 1 aromatic rings. The van der Waals surface area contributed by atoms with E-state index in [0.29, 0.717) is 10.8 Å². The third-order valence-corrected chi connectivity index (χ3v) is 5.62. The fraction of sp³-hybridized carbons (Fsp3) is 0.529. The van der Waals surface area contributed by atoms with Gasteiger partial charge in [-0.05, 0) is 58.9 Å².